The summed E-state index contributed by atoms with van der Waals surface area (Å²) in [5.41, 5.74) is 0. The predicted molar refractivity (Wildman–Crippen MR) is 353 cm³/mol. The van der Waals surface area contributed by atoms with Gasteiger partial charge in [-0.05, 0) is 103 Å². The second-order valence-corrected chi connectivity index (χ2v) is 23.1. The van der Waals surface area contributed by atoms with E-state index in [-0.39, 0.29) is 37.5 Å². The number of ether oxygens (including phenoxy) is 3. The van der Waals surface area contributed by atoms with E-state index in [9.17, 15) is 14.4 Å². The zero-order chi connectivity index (χ0) is 58.5. The Morgan fingerprint density at radius 2 is 0.481 bits per heavy atom. The second-order valence-electron chi connectivity index (χ2n) is 23.1. The molecule has 0 saturated carbocycles. The zero-order valence-electron chi connectivity index (χ0n) is 53.5. The van der Waals surface area contributed by atoms with Crippen LogP contribution in [0.3, 0.4) is 0 Å². The Morgan fingerprint density at radius 3 is 0.778 bits per heavy atom. The number of hydrogen-bond donors (Lipinski definition) is 0. The van der Waals surface area contributed by atoms with Crippen LogP contribution in [0, 0.1) is 0 Å². The average Bonchev–Trinajstić information content (AvgIpc) is 3.47. The van der Waals surface area contributed by atoms with Crippen molar-refractivity contribution < 1.29 is 28.6 Å². The zero-order valence-corrected chi connectivity index (χ0v) is 53.5. The van der Waals surface area contributed by atoms with Crippen molar-refractivity contribution in [1.82, 2.24) is 0 Å². The fourth-order valence-corrected chi connectivity index (χ4v) is 9.89. The van der Waals surface area contributed by atoms with E-state index >= 15 is 0 Å². The summed E-state index contributed by atoms with van der Waals surface area (Å²) in [7, 11) is 0. The van der Waals surface area contributed by atoms with Gasteiger partial charge in [0.2, 0.25) is 0 Å². The van der Waals surface area contributed by atoms with Crippen LogP contribution in [0.1, 0.15) is 342 Å². The summed E-state index contributed by atoms with van der Waals surface area (Å²) in [5.74, 6) is -0.908. The first-order chi connectivity index (χ1) is 40.0. The Kier molecular flexibility index (Phi) is 65.7. The molecule has 6 nitrogen and oxygen atoms in total. The number of esters is 3. The molecule has 0 radical (unpaired) electrons. The molecule has 0 aromatic carbocycles. The monoisotopic (exact) mass is 1130 g/mol. The number of hydrogen-bond acceptors (Lipinski definition) is 6. The molecule has 81 heavy (non-hydrogen) atoms. The lowest BCUT2D eigenvalue weighted by molar-refractivity contribution is -0.167. The van der Waals surface area contributed by atoms with Gasteiger partial charge in [0.05, 0.1) is 0 Å². The topological polar surface area (TPSA) is 78.9 Å². The van der Waals surface area contributed by atoms with Gasteiger partial charge in [-0.1, -0.05) is 317 Å². The SMILES string of the molecule is CC/C=C\C/C=C\C/C=C\C/C=C\C/C=C\C/C=C\C/C=C\CCCCCC(=O)OC(COC(=O)CCCCCCCCCCCCC)COC(=O)CCCCCCCCCCCCCCCCC/C=C\CCCCCCCCCC. The van der Waals surface area contributed by atoms with Crippen molar-refractivity contribution in [2.24, 2.45) is 0 Å². The molecule has 466 valence electrons. The summed E-state index contributed by atoms with van der Waals surface area (Å²) < 4.78 is 16.9. The van der Waals surface area contributed by atoms with E-state index in [1.54, 1.807) is 0 Å². The standard InChI is InChI=1S/C75H130O6/c1-4-7-10-13-16-19-22-24-26-28-30-32-34-36-37-39-40-42-44-46-48-50-53-56-59-62-65-68-74(77)80-71-72(70-79-73(76)67-64-61-58-55-52-21-18-15-12-9-6-3)81-75(78)69-66-63-60-57-54-51-49-47-45-43-41-38-35-33-31-29-27-25-23-20-17-14-11-8-5-2/h8,11,17,20,25,27-28,30-31,33,38,41,45,47,51,54,72H,4-7,9-10,12-16,18-19,21-24,26,29,32,34-37,39-40,42-44,46,48-50,52-53,55-71H2,1-3H3/b11-8-,20-17-,27-25-,30-28-,33-31-,41-38-,47-45-,54-51-. The maximum atomic E-state index is 12.9. The normalized spacial score (nSPS) is 12.7. The highest BCUT2D eigenvalue weighted by Gasteiger charge is 2.19. The van der Waals surface area contributed by atoms with Crippen LogP contribution in [0.25, 0.3) is 0 Å². The number of rotatable bonds is 63. The van der Waals surface area contributed by atoms with Gasteiger partial charge < -0.3 is 14.2 Å². The highest BCUT2D eigenvalue weighted by Crippen LogP contribution is 2.17. The van der Waals surface area contributed by atoms with Crippen molar-refractivity contribution in [3.8, 4) is 0 Å². The maximum absolute atomic E-state index is 12.9. The first-order valence-electron chi connectivity index (χ1n) is 34.7. The number of allylic oxidation sites excluding steroid dienone is 16. The number of carbonyl (C=O) groups is 3. The van der Waals surface area contributed by atoms with Gasteiger partial charge in [-0.3, -0.25) is 14.4 Å². The Bertz CT molecular complexity index is 1580. The van der Waals surface area contributed by atoms with Gasteiger partial charge in [0, 0.05) is 19.3 Å². The fourth-order valence-electron chi connectivity index (χ4n) is 9.89. The minimum Gasteiger partial charge on any atom is -0.462 e. The van der Waals surface area contributed by atoms with Crippen molar-refractivity contribution in [3.05, 3.63) is 97.2 Å². The van der Waals surface area contributed by atoms with Crippen LogP contribution in [0.4, 0.5) is 0 Å². The van der Waals surface area contributed by atoms with E-state index in [1.165, 1.54) is 193 Å². The van der Waals surface area contributed by atoms with Gasteiger partial charge in [-0.2, -0.15) is 0 Å². The highest BCUT2D eigenvalue weighted by molar-refractivity contribution is 5.71. The summed E-state index contributed by atoms with van der Waals surface area (Å²) in [6.45, 7) is 6.53. The number of unbranched alkanes of at least 4 members (excludes halogenated alkanes) is 36. The van der Waals surface area contributed by atoms with Crippen LogP contribution in [0.15, 0.2) is 97.2 Å². The van der Waals surface area contributed by atoms with E-state index in [0.29, 0.717) is 12.8 Å². The highest BCUT2D eigenvalue weighted by atomic mass is 16.6. The summed E-state index contributed by atoms with van der Waals surface area (Å²) in [6, 6.07) is 0. The van der Waals surface area contributed by atoms with Crippen LogP contribution >= 0.6 is 0 Å². The summed E-state index contributed by atoms with van der Waals surface area (Å²) in [6.07, 6.45) is 93.0. The summed E-state index contributed by atoms with van der Waals surface area (Å²) >= 11 is 0. The van der Waals surface area contributed by atoms with Gasteiger partial charge in [0.15, 0.2) is 6.10 Å². The van der Waals surface area contributed by atoms with E-state index in [0.717, 1.165) is 109 Å². The van der Waals surface area contributed by atoms with E-state index in [4.69, 9.17) is 14.2 Å². The van der Waals surface area contributed by atoms with E-state index < -0.39 is 6.10 Å². The van der Waals surface area contributed by atoms with Crippen LogP contribution in [-0.4, -0.2) is 37.2 Å². The minimum atomic E-state index is -0.795. The van der Waals surface area contributed by atoms with Gasteiger partial charge in [-0.25, -0.2) is 0 Å². The van der Waals surface area contributed by atoms with Gasteiger partial charge >= 0.3 is 17.9 Å². The first kappa shape index (κ1) is 77.3. The number of carbonyl (C=O) groups excluding carboxylic acids is 3. The molecule has 0 spiro atoms. The van der Waals surface area contributed by atoms with Crippen LogP contribution in [-0.2, 0) is 28.6 Å². The lowest BCUT2D eigenvalue weighted by Gasteiger charge is -2.18. The van der Waals surface area contributed by atoms with Gasteiger partial charge in [0.1, 0.15) is 13.2 Å². The molecular formula is C75H130O6. The van der Waals surface area contributed by atoms with E-state index in [1.807, 2.05) is 0 Å². The molecule has 0 aliphatic rings. The van der Waals surface area contributed by atoms with Gasteiger partial charge in [-0.15, -0.1) is 0 Å². The van der Waals surface area contributed by atoms with Crippen molar-refractivity contribution in [3.63, 3.8) is 0 Å². The quantitative estimate of drug-likeness (QED) is 0.0261. The molecule has 1 unspecified atom stereocenters. The van der Waals surface area contributed by atoms with Crippen LogP contribution < -0.4 is 0 Å². The van der Waals surface area contributed by atoms with Crippen LogP contribution in [0.5, 0.6) is 0 Å². The maximum Gasteiger partial charge on any atom is 0.306 e. The third-order valence-electron chi connectivity index (χ3n) is 15.1. The van der Waals surface area contributed by atoms with Crippen molar-refractivity contribution >= 4 is 17.9 Å². The molecule has 0 aromatic rings. The van der Waals surface area contributed by atoms with Gasteiger partial charge in [0.25, 0.3) is 0 Å². The largest absolute Gasteiger partial charge is 0.462 e. The Morgan fingerprint density at radius 1 is 0.259 bits per heavy atom. The molecule has 1 atom stereocenters. The molecule has 0 amide bonds. The Labute approximate surface area is 502 Å². The fraction of sp³-hybridized carbons (Fsp3) is 0.747. The third-order valence-corrected chi connectivity index (χ3v) is 15.1. The minimum absolute atomic E-state index is 0.0881. The molecule has 0 aliphatic carbocycles. The summed E-state index contributed by atoms with van der Waals surface area (Å²) in [4.78, 5) is 38.3. The molecule has 0 bridgehead atoms. The lowest BCUT2D eigenvalue weighted by atomic mass is 10.0. The Balaban J connectivity index is 4.29. The molecule has 0 fully saturated rings. The molecule has 0 aromatic heterocycles. The molecule has 0 rings (SSSR count). The first-order valence-corrected chi connectivity index (χ1v) is 34.7. The molecule has 6 heteroatoms. The van der Waals surface area contributed by atoms with Crippen molar-refractivity contribution in [1.29, 1.82) is 0 Å². The molecule has 0 saturated heterocycles. The molecule has 0 aliphatic heterocycles. The lowest BCUT2D eigenvalue weighted by Crippen LogP contribution is -2.30. The molecule has 0 heterocycles. The molecular weight excluding hydrogens is 997 g/mol. The second kappa shape index (κ2) is 68.8. The Hall–Kier alpha value is -3.67. The predicted octanol–water partition coefficient (Wildman–Crippen LogP) is 24.0. The van der Waals surface area contributed by atoms with Crippen molar-refractivity contribution in [2.75, 3.05) is 13.2 Å². The van der Waals surface area contributed by atoms with Crippen molar-refractivity contribution in [2.45, 2.75) is 348 Å². The molecule has 0 N–H and O–H groups in total. The third kappa shape index (κ3) is 67.0. The van der Waals surface area contributed by atoms with E-state index in [2.05, 4.69) is 118 Å². The smallest absolute Gasteiger partial charge is 0.306 e. The van der Waals surface area contributed by atoms with Crippen LogP contribution in [0.2, 0.25) is 0 Å². The summed E-state index contributed by atoms with van der Waals surface area (Å²) in [5, 5.41) is 0. The average molecular weight is 1130 g/mol.